The normalized spacial score (nSPS) is 16.9. The van der Waals surface area contributed by atoms with Crippen LogP contribution in [-0.2, 0) is 33.1 Å². The van der Waals surface area contributed by atoms with Crippen LogP contribution in [-0.4, -0.2) is 59.5 Å². The fourth-order valence-corrected chi connectivity index (χ4v) is 4.86. The second-order valence-corrected chi connectivity index (χ2v) is 8.84. The number of hydrogen-bond acceptors (Lipinski definition) is 5. The van der Waals surface area contributed by atoms with Gasteiger partial charge in [-0.05, 0) is 25.5 Å². The Balaban J connectivity index is 0.000000423. The fraction of sp³-hybridized carbons (Fsp3) is 0.474. The van der Waals surface area contributed by atoms with E-state index in [0.29, 0.717) is 31.2 Å². The van der Waals surface area contributed by atoms with Gasteiger partial charge in [-0.1, -0.05) is 18.2 Å². The second kappa shape index (κ2) is 9.79. The molecule has 0 saturated carbocycles. The molecule has 0 spiro atoms. The summed E-state index contributed by atoms with van der Waals surface area (Å²) in [7, 11) is -1.69. The summed E-state index contributed by atoms with van der Waals surface area (Å²) in [6.45, 7) is 5.57. The molecule has 1 aliphatic rings. The molecule has 31 heavy (non-hydrogen) atoms. The Morgan fingerprint density at radius 3 is 2.48 bits per heavy atom. The molecule has 1 aromatic carbocycles. The predicted octanol–water partition coefficient (Wildman–Crippen LogP) is 2.69. The van der Waals surface area contributed by atoms with Crippen molar-refractivity contribution in [1.29, 1.82) is 0 Å². The smallest absolute Gasteiger partial charge is 0.475 e. The number of aryl methyl sites for hydroxylation is 2. The first-order valence-corrected chi connectivity index (χ1v) is 10.8. The average Bonchev–Trinajstić information content (AvgIpc) is 3.06. The van der Waals surface area contributed by atoms with E-state index in [0.717, 1.165) is 16.8 Å². The van der Waals surface area contributed by atoms with E-state index in [2.05, 4.69) is 5.10 Å². The molecule has 8 nitrogen and oxygen atoms in total. The molecule has 0 bridgehead atoms. The molecule has 172 valence electrons. The lowest BCUT2D eigenvalue weighted by molar-refractivity contribution is -0.192. The van der Waals surface area contributed by atoms with Gasteiger partial charge in [0.25, 0.3) is 0 Å². The zero-order valence-corrected chi connectivity index (χ0v) is 18.1. The van der Waals surface area contributed by atoms with Gasteiger partial charge in [-0.3, -0.25) is 4.68 Å². The molecule has 1 atom stereocenters. The van der Waals surface area contributed by atoms with Gasteiger partial charge in [0.1, 0.15) is 0 Å². The third-order valence-electron chi connectivity index (χ3n) is 4.57. The summed E-state index contributed by atoms with van der Waals surface area (Å²) >= 11 is 0. The second-order valence-electron chi connectivity index (χ2n) is 6.94. The molecule has 0 aliphatic carbocycles. The number of aliphatic carboxylic acids is 1. The van der Waals surface area contributed by atoms with Crippen LogP contribution in [0.15, 0.2) is 35.4 Å². The first-order chi connectivity index (χ1) is 14.4. The number of sulfonamides is 1. The van der Waals surface area contributed by atoms with Crippen LogP contribution in [0.3, 0.4) is 0 Å². The van der Waals surface area contributed by atoms with E-state index in [1.807, 2.05) is 39.2 Å². The molecule has 1 aromatic heterocycles. The van der Waals surface area contributed by atoms with Crippen LogP contribution in [0.1, 0.15) is 29.7 Å². The number of rotatable bonds is 5. The molecule has 1 aliphatic heterocycles. The lowest BCUT2D eigenvalue weighted by Crippen LogP contribution is -2.39. The summed E-state index contributed by atoms with van der Waals surface area (Å²) in [5, 5.41) is 11.6. The zero-order chi connectivity index (χ0) is 23.4. The Hall–Kier alpha value is -2.44. The van der Waals surface area contributed by atoms with Gasteiger partial charge >= 0.3 is 12.1 Å². The first kappa shape index (κ1) is 24.8. The largest absolute Gasteiger partial charge is 0.490 e. The van der Waals surface area contributed by atoms with E-state index in [4.69, 9.17) is 14.6 Å². The maximum absolute atomic E-state index is 13.1. The van der Waals surface area contributed by atoms with Crippen LogP contribution in [0, 0.1) is 6.92 Å². The molecule has 2 aromatic rings. The average molecular weight is 463 g/mol. The van der Waals surface area contributed by atoms with Crippen molar-refractivity contribution >= 4 is 16.0 Å². The number of ether oxygens (including phenoxy) is 1. The Labute approximate surface area is 178 Å². The summed E-state index contributed by atoms with van der Waals surface area (Å²) in [5.41, 5.74) is 2.66. The Morgan fingerprint density at radius 1 is 1.32 bits per heavy atom. The van der Waals surface area contributed by atoms with Gasteiger partial charge in [0.2, 0.25) is 10.0 Å². The van der Waals surface area contributed by atoms with Gasteiger partial charge in [0.15, 0.2) is 0 Å². The monoisotopic (exact) mass is 463 g/mol. The SMILES string of the molecule is CCOCC1CN(S(=O)(=O)c2ccccc2C)Cc2cn(C)nc21.O=C(O)C(F)(F)F. The molecule has 0 saturated heterocycles. The quantitative estimate of drug-likeness (QED) is 0.732. The molecule has 12 heteroatoms. The van der Waals surface area contributed by atoms with Gasteiger partial charge < -0.3 is 9.84 Å². The van der Waals surface area contributed by atoms with E-state index in [1.54, 1.807) is 21.1 Å². The number of carboxylic acids is 1. The number of aromatic nitrogens is 2. The van der Waals surface area contributed by atoms with Crippen molar-refractivity contribution in [2.24, 2.45) is 7.05 Å². The third-order valence-corrected chi connectivity index (χ3v) is 6.54. The fourth-order valence-electron chi connectivity index (χ4n) is 3.17. The van der Waals surface area contributed by atoms with Crippen molar-refractivity contribution in [3.05, 3.63) is 47.3 Å². The molecular formula is C19H24F3N3O5S. The van der Waals surface area contributed by atoms with Crippen molar-refractivity contribution in [3.63, 3.8) is 0 Å². The minimum atomic E-state index is -5.08. The van der Waals surface area contributed by atoms with Crippen LogP contribution in [0.5, 0.6) is 0 Å². The number of fused-ring (bicyclic) bond motifs is 1. The summed E-state index contributed by atoms with van der Waals surface area (Å²) in [6.07, 6.45) is -3.19. The van der Waals surface area contributed by atoms with Gasteiger partial charge in [0, 0.05) is 44.4 Å². The zero-order valence-electron chi connectivity index (χ0n) is 17.3. The van der Waals surface area contributed by atoms with E-state index < -0.39 is 22.2 Å². The van der Waals surface area contributed by atoms with Crippen LogP contribution in [0.4, 0.5) is 13.2 Å². The predicted molar refractivity (Wildman–Crippen MR) is 105 cm³/mol. The van der Waals surface area contributed by atoms with E-state index in [-0.39, 0.29) is 5.92 Å². The van der Waals surface area contributed by atoms with Gasteiger partial charge in [-0.2, -0.15) is 22.6 Å². The maximum Gasteiger partial charge on any atom is 0.490 e. The number of halogens is 3. The summed E-state index contributed by atoms with van der Waals surface area (Å²) in [4.78, 5) is 9.26. The van der Waals surface area contributed by atoms with Crippen molar-refractivity contribution < 1.29 is 36.2 Å². The van der Waals surface area contributed by atoms with Crippen LogP contribution in [0.2, 0.25) is 0 Å². The van der Waals surface area contributed by atoms with Gasteiger partial charge in [0.05, 0.1) is 17.2 Å². The highest BCUT2D eigenvalue weighted by molar-refractivity contribution is 7.89. The summed E-state index contributed by atoms with van der Waals surface area (Å²) in [6, 6.07) is 7.10. The van der Waals surface area contributed by atoms with Crippen molar-refractivity contribution in [1.82, 2.24) is 14.1 Å². The van der Waals surface area contributed by atoms with Crippen LogP contribution in [0.25, 0.3) is 0 Å². The highest BCUT2D eigenvalue weighted by atomic mass is 32.2. The number of carbonyl (C=O) groups is 1. The molecular weight excluding hydrogens is 439 g/mol. The Bertz CT molecular complexity index is 1020. The first-order valence-electron chi connectivity index (χ1n) is 9.34. The van der Waals surface area contributed by atoms with E-state index in [9.17, 15) is 21.6 Å². The highest BCUT2D eigenvalue weighted by Gasteiger charge is 2.38. The minimum absolute atomic E-state index is 0.0475. The van der Waals surface area contributed by atoms with Crippen molar-refractivity contribution in [3.8, 4) is 0 Å². The molecule has 2 heterocycles. The molecule has 0 amide bonds. The lowest BCUT2D eigenvalue weighted by atomic mass is 9.99. The molecule has 0 fully saturated rings. The van der Waals surface area contributed by atoms with Gasteiger partial charge in [-0.15, -0.1) is 0 Å². The standard InChI is InChI=1S/C17H23N3O3S.C2HF3O2/c1-4-23-12-15-11-20(10-14-9-19(3)18-17(14)15)24(21,22)16-8-6-5-7-13(16)2;3-2(4,5)1(6)7/h5-9,15H,4,10-12H2,1-3H3;(H,6,7). The van der Waals surface area contributed by atoms with Crippen LogP contribution < -0.4 is 0 Å². The van der Waals surface area contributed by atoms with Crippen molar-refractivity contribution in [2.75, 3.05) is 19.8 Å². The number of alkyl halides is 3. The number of nitrogens with zero attached hydrogens (tertiary/aromatic N) is 3. The summed E-state index contributed by atoms with van der Waals surface area (Å²) in [5.74, 6) is -2.80. The molecule has 3 rings (SSSR count). The topological polar surface area (TPSA) is 102 Å². The van der Waals surface area contributed by atoms with E-state index in [1.165, 1.54) is 0 Å². The number of benzene rings is 1. The number of hydrogen-bond donors (Lipinski definition) is 1. The Kier molecular flexibility index (Phi) is 7.84. The molecule has 1 N–H and O–H groups in total. The maximum atomic E-state index is 13.1. The lowest BCUT2D eigenvalue weighted by Gasteiger charge is -2.31. The van der Waals surface area contributed by atoms with Gasteiger partial charge in [-0.25, -0.2) is 13.2 Å². The minimum Gasteiger partial charge on any atom is -0.475 e. The highest BCUT2D eigenvalue weighted by Crippen LogP contribution is 2.32. The van der Waals surface area contributed by atoms with Crippen LogP contribution >= 0.6 is 0 Å². The van der Waals surface area contributed by atoms with Crippen molar-refractivity contribution in [2.45, 2.75) is 37.4 Å². The Morgan fingerprint density at radius 2 is 1.94 bits per heavy atom. The molecule has 1 unspecified atom stereocenters. The van der Waals surface area contributed by atoms with E-state index >= 15 is 0 Å². The number of carboxylic acid groups (broad SMARTS) is 1. The third kappa shape index (κ3) is 6.05. The molecule has 0 radical (unpaired) electrons. The summed E-state index contributed by atoms with van der Waals surface area (Å²) < 4.78 is 66.8.